The van der Waals surface area contributed by atoms with E-state index in [4.69, 9.17) is 5.73 Å². The molecule has 2 rings (SSSR count). The molecule has 0 bridgehead atoms. The molecule has 21 heavy (non-hydrogen) atoms. The summed E-state index contributed by atoms with van der Waals surface area (Å²) >= 11 is 0. The van der Waals surface area contributed by atoms with Gasteiger partial charge in [-0.05, 0) is 43.4 Å². The van der Waals surface area contributed by atoms with Crippen LogP contribution in [0.2, 0.25) is 0 Å². The molecule has 0 radical (unpaired) electrons. The van der Waals surface area contributed by atoms with Crippen molar-refractivity contribution in [1.29, 1.82) is 0 Å². The standard InChI is InChI=1S/C15H25N3O2S/c1-13-6-3-4-8-15(13)12-17(2)21(19,20)18-9-5-7-14(10-16)11-18/h3-4,6,8,14H,5,7,9-12,16H2,1-2H3. The van der Waals surface area contributed by atoms with Crippen molar-refractivity contribution >= 4 is 10.2 Å². The van der Waals surface area contributed by atoms with E-state index in [2.05, 4.69) is 0 Å². The van der Waals surface area contributed by atoms with E-state index in [-0.39, 0.29) is 5.92 Å². The predicted octanol–water partition coefficient (Wildman–Crippen LogP) is 1.34. The zero-order valence-corrected chi connectivity index (χ0v) is 13.6. The fourth-order valence-corrected chi connectivity index (χ4v) is 4.19. The first-order chi connectivity index (χ1) is 9.95. The second-order valence-corrected chi connectivity index (χ2v) is 7.83. The Kier molecular flexibility index (Phi) is 5.37. The molecule has 0 amide bonds. The summed E-state index contributed by atoms with van der Waals surface area (Å²) in [5.41, 5.74) is 7.84. The quantitative estimate of drug-likeness (QED) is 0.892. The molecule has 1 fully saturated rings. The lowest BCUT2D eigenvalue weighted by atomic mass is 10.0. The molecule has 1 heterocycles. The van der Waals surface area contributed by atoms with Gasteiger partial charge in [0.15, 0.2) is 0 Å². The van der Waals surface area contributed by atoms with Crippen LogP contribution in [0.25, 0.3) is 0 Å². The Morgan fingerprint density at radius 3 is 2.76 bits per heavy atom. The molecule has 1 aliphatic rings. The minimum atomic E-state index is -3.41. The normalized spacial score (nSPS) is 20.9. The van der Waals surface area contributed by atoms with Crippen LogP contribution in [0.5, 0.6) is 0 Å². The van der Waals surface area contributed by atoms with E-state index in [1.54, 1.807) is 11.4 Å². The highest BCUT2D eigenvalue weighted by atomic mass is 32.2. The molecule has 0 saturated carbocycles. The summed E-state index contributed by atoms with van der Waals surface area (Å²) in [6, 6.07) is 7.87. The molecule has 5 nitrogen and oxygen atoms in total. The van der Waals surface area contributed by atoms with Gasteiger partial charge in [0, 0.05) is 26.7 Å². The third-order valence-electron chi connectivity index (χ3n) is 4.19. The molecule has 1 aliphatic heterocycles. The van der Waals surface area contributed by atoms with E-state index in [1.807, 2.05) is 31.2 Å². The zero-order valence-electron chi connectivity index (χ0n) is 12.8. The van der Waals surface area contributed by atoms with Crippen LogP contribution >= 0.6 is 0 Å². The Bertz CT molecular complexity index is 574. The topological polar surface area (TPSA) is 66.6 Å². The fourth-order valence-electron chi connectivity index (χ4n) is 2.73. The Balaban J connectivity index is 2.10. The number of hydrogen-bond donors (Lipinski definition) is 1. The first-order valence-corrected chi connectivity index (χ1v) is 8.81. The summed E-state index contributed by atoms with van der Waals surface area (Å²) in [7, 11) is -1.76. The van der Waals surface area contributed by atoms with E-state index in [0.29, 0.717) is 26.2 Å². The van der Waals surface area contributed by atoms with Crippen molar-refractivity contribution in [1.82, 2.24) is 8.61 Å². The lowest BCUT2D eigenvalue weighted by Crippen LogP contribution is -2.47. The van der Waals surface area contributed by atoms with Gasteiger partial charge in [-0.15, -0.1) is 0 Å². The van der Waals surface area contributed by atoms with Gasteiger partial charge in [-0.2, -0.15) is 17.0 Å². The maximum absolute atomic E-state index is 12.7. The molecule has 118 valence electrons. The Morgan fingerprint density at radius 1 is 1.38 bits per heavy atom. The van der Waals surface area contributed by atoms with Crippen LogP contribution in [-0.4, -0.2) is 43.7 Å². The van der Waals surface area contributed by atoms with E-state index < -0.39 is 10.2 Å². The molecule has 6 heteroatoms. The summed E-state index contributed by atoms with van der Waals surface area (Å²) in [6.45, 7) is 4.08. The second-order valence-electron chi connectivity index (χ2n) is 5.79. The van der Waals surface area contributed by atoms with Crippen LogP contribution in [0.15, 0.2) is 24.3 Å². The first-order valence-electron chi connectivity index (χ1n) is 7.41. The molecule has 1 unspecified atom stereocenters. The summed E-state index contributed by atoms with van der Waals surface area (Å²) < 4.78 is 28.4. The van der Waals surface area contributed by atoms with E-state index in [9.17, 15) is 8.42 Å². The summed E-state index contributed by atoms with van der Waals surface area (Å²) in [5, 5.41) is 0. The molecule has 1 saturated heterocycles. The van der Waals surface area contributed by atoms with Crippen LogP contribution < -0.4 is 5.73 Å². The molecule has 1 aromatic carbocycles. The lowest BCUT2D eigenvalue weighted by molar-refractivity contribution is 0.255. The second kappa shape index (κ2) is 6.87. The fraction of sp³-hybridized carbons (Fsp3) is 0.600. The Morgan fingerprint density at radius 2 is 2.10 bits per heavy atom. The smallest absolute Gasteiger partial charge is 0.282 e. The molecule has 1 aromatic rings. The van der Waals surface area contributed by atoms with Gasteiger partial charge >= 0.3 is 0 Å². The van der Waals surface area contributed by atoms with Gasteiger partial charge in [0.2, 0.25) is 0 Å². The van der Waals surface area contributed by atoms with Crippen molar-refractivity contribution in [2.75, 3.05) is 26.7 Å². The number of nitrogens with two attached hydrogens (primary N) is 1. The average Bonchev–Trinajstić information content (AvgIpc) is 2.49. The van der Waals surface area contributed by atoms with Crippen LogP contribution in [0.3, 0.4) is 0 Å². The van der Waals surface area contributed by atoms with Crippen molar-refractivity contribution in [2.45, 2.75) is 26.3 Å². The highest BCUT2D eigenvalue weighted by molar-refractivity contribution is 7.86. The number of nitrogens with zero attached hydrogens (tertiary/aromatic N) is 2. The van der Waals surface area contributed by atoms with Gasteiger partial charge in [-0.25, -0.2) is 0 Å². The first kappa shape index (κ1) is 16.4. The average molecular weight is 311 g/mol. The summed E-state index contributed by atoms with van der Waals surface area (Å²) in [4.78, 5) is 0. The molecule has 0 aromatic heterocycles. The number of rotatable bonds is 5. The van der Waals surface area contributed by atoms with Crippen molar-refractivity contribution in [2.24, 2.45) is 11.7 Å². The van der Waals surface area contributed by atoms with E-state index >= 15 is 0 Å². The van der Waals surface area contributed by atoms with Gasteiger partial charge in [-0.3, -0.25) is 0 Å². The highest BCUT2D eigenvalue weighted by Crippen LogP contribution is 2.21. The number of benzene rings is 1. The Hall–Kier alpha value is -0.950. The van der Waals surface area contributed by atoms with Crippen molar-refractivity contribution < 1.29 is 8.42 Å². The minimum absolute atomic E-state index is 0.278. The SMILES string of the molecule is Cc1ccccc1CN(C)S(=O)(=O)N1CCCC(CN)C1. The maximum Gasteiger partial charge on any atom is 0.282 e. The molecule has 0 aliphatic carbocycles. The third kappa shape index (κ3) is 3.83. The summed E-state index contributed by atoms with van der Waals surface area (Å²) in [6.07, 6.45) is 1.91. The van der Waals surface area contributed by atoms with Crippen LogP contribution in [0.1, 0.15) is 24.0 Å². The molecule has 0 spiro atoms. The number of aryl methyl sites for hydroxylation is 1. The van der Waals surface area contributed by atoms with Crippen molar-refractivity contribution in [3.05, 3.63) is 35.4 Å². The molecule has 1 atom stereocenters. The minimum Gasteiger partial charge on any atom is -0.330 e. The maximum atomic E-state index is 12.7. The van der Waals surface area contributed by atoms with Gasteiger partial charge in [0.1, 0.15) is 0 Å². The van der Waals surface area contributed by atoms with Crippen molar-refractivity contribution in [3.63, 3.8) is 0 Å². The summed E-state index contributed by atoms with van der Waals surface area (Å²) in [5.74, 6) is 0.278. The predicted molar refractivity (Wildman–Crippen MR) is 84.9 cm³/mol. The largest absolute Gasteiger partial charge is 0.330 e. The van der Waals surface area contributed by atoms with Gasteiger partial charge in [-0.1, -0.05) is 24.3 Å². The van der Waals surface area contributed by atoms with E-state index in [1.165, 1.54) is 4.31 Å². The molecule has 2 N–H and O–H groups in total. The Labute approximate surface area is 127 Å². The van der Waals surface area contributed by atoms with Gasteiger partial charge in [0.25, 0.3) is 10.2 Å². The van der Waals surface area contributed by atoms with Crippen LogP contribution in [0, 0.1) is 12.8 Å². The monoisotopic (exact) mass is 311 g/mol. The lowest BCUT2D eigenvalue weighted by Gasteiger charge is -2.34. The third-order valence-corrected chi connectivity index (χ3v) is 6.09. The number of hydrogen-bond acceptors (Lipinski definition) is 3. The van der Waals surface area contributed by atoms with Crippen LogP contribution in [0.4, 0.5) is 0 Å². The van der Waals surface area contributed by atoms with Gasteiger partial charge < -0.3 is 5.73 Å². The van der Waals surface area contributed by atoms with Gasteiger partial charge in [0.05, 0.1) is 0 Å². The van der Waals surface area contributed by atoms with E-state index in [0.717, 1.165) is 24.0 Å². The molecular weight excluding hydrogens is 286 g/mol. The number of piperidine rings is 1. The highest BCUT2D eigenvalue weighted by Gasteiger charge is 2.31. The zero-order chi connectivity index (χ0) is 15.5. The molecular formula is C15H25N3O2S. The van der Waals surface area contributed by atoms with Crippen molar-refractivity contribution in [3.8, 4) is 0 Å². The van der Waals surface area contributed by atoms with Crippen LogP contribution in [-0.2, 0) is 16.8 Å².